The molecule has 0 radical (unpaired) electrons. The minimum atomic E-state index is -3.82. The van der Waals surface area contributed by atoms with Gasteiger partial charge < -0.3 is 9.13 Å². The lowest BCUT2D eigenvalue weighted by molar-refractivity contribution is 0.397. The molecule has 7 nitrogen and oxygen atoms in total. The van der Waals surface area contributed by atoms with Gasteiger partial charge in [0.25, 0.3) is 0 Å². The van der Waals surface area contributed by atoms with E-state index in [4.69, 9.17) is 11.6 Å². The molecule has 0 saturated carbocycles. The van der Waals surface area contributed by atoms with Crippen molar-refractivity contribution in [2.24, 2.45) is 14.1 Å². The van der Waals surface area contributed by atoms with Gasteiger partial charge in [0, 0.05) is 25.7 Å². The third kappa shape index (κ3) is 3.11. The SMILES string of the molecule is Cn1c(=O)c(=O)n(C)c2cc(S(=O)(=O)N3CCC[C@H]3c3ccccc3Cl)ccc21. The molecule has 0 N–H and O–H groups in total. The van der Waals surface area contributed by atoms with Crippen LogP contribution in [0.1, 0.15) is 24.4 Å². The molecule has 1 atom stereocenters. The number of aryl methyl sites for hydroxylation is 2. The van der Waals surface area contributed by atoms with Crippen LogP contribution >= 0.6 is 11.6 Å². The lowest BCUT2D eigenvalue weighted by atomic mass is 10.1. The van der Waals surface area contributed by atoms with Crippen molar-refractivity contribution in [1.82, 2.24) is 13.4 Å². The third-order valence-electron chi connectivity index (χ3n) is 5.54. The maximum Gasteiger partial charge on any atom is 0.316 e. The van der Waals surface area contributed by atoms with Gasteiger partial charge in [0.15, 0.2) is 0 Å². The van der Waals surface area contributed by atoms with Crippen molar-refractivity contribution in [3.63, 3.8) is 0 Å². The zero-order chi connectivity index (χ0) is 20.9. The van der Waals surface area contributed by atoms with E-state index in [1.165, 1.54) is 39.7 Å². The van der Waals surface area contributed by atoms with Gasteiger partial charge in [-0.1, -0.05) is 29.8 Å². The number of fused-ring (bicyclic) bond motifs is 1. The largest absolute Gasteiger partial charge is 0.316 e. The highest BCUT2D eigenvalue weighted by Gasteiger charge is 2.37. The average molecular weight is 434 g/mol. The van der Waals surface area contributed by atoms with Gasteiger partial charge in [-0.15, -0.1) is 0 Å². The number of rotatable bonds is 3. The van der Waals surface area contributed by atoms with Crippen LogP contribution in [-0.4, -0.2) is 28.4 Å². The first-order valence-corrected chi connectivity index (χ1v) is 11.0. The molecule has 0 spiro atoms. The Bertz CT molecular complexity index is 1340. The molecule has 0 aliphatic carbocycles. The summed E-state index contributed by atoms with van der Waals surface area (Å²) >= 11 is 6.32. The van der Waals surface area contributed by atoms with E-state index in [-0.39, 0.29) is 10.9 Å². The van der Waals surface area contributed by atoms with Gasteiger partial charge in [-0.3, -0.25) is 9.59 Å². The van der Waals surface area contributed by atoms with Gasteiger partial charge in [-0.25, -0.2) is 8.42 Å². The first-order chi connectivity index (χ1) is 13.7. The number of hydrogen-bond acceptors (Lipinski definition) is 4. The summed E-state index contributed by atoms with van der Waals surface area (Å²) in [6.07, 6.45) is 1.42. The number of benzene rings is 2. The first-order valence-electron chi connectivity index (χ1n) is 9.19. The molecule has 1 fully saturated rings. The second-order valence-electron chi connectivity index (χ2n) is 7.17. The summed E-state index contributed by atoms with van der Waals surface area (Å²) in [5, 5.41) is 0.538. The fourth-order valence-electron chi connectivity index (χ4n) is 3.94. The second kappa shape index (κ2) is 7.12. The number of sulfonamides is 1. The molecule has 1 saturated heterocycles. The maximum absolute atomic E-state index is 13.4. The predicted molar refractivity (Wildman–Crippen MR) is 112 cm³/mol. The molecule has 1 aromatic heterocycles. The summed E-state index contributed by atoms with van der Waals surface area (Å²) in [6, 6.07) is 11.4. The van der Waals surface area contributed by atoms with Crippen LogP contribution in [0.5, 0.6) is 0 Å². The fraction of sp³-hybridized carbons (Fsp3) is 0.300. The van der Waals surface area contributed by atoms with Crippen molar-refractivity contribution >= 4 is 32.7 Å². The van der Waals surface area contributed by atoms with E-state index in [1.807, 2.05) is 18.2 Å². The minimum Gasteiger partial charge on any atom is -0.305 e. The van der Waals surface area contributed by atoms with Gasteiger partial charge in [0.2, 0.25) is 10.0 Å². The molecule has 1 aliphatic heterocycles. The van der Waals surface area contributed by atoms with Gasteiger partial charge in [0.1, 0.15) is 0 Å². The van der Waals surface area contributed by atoms with Crippen molar-refractivity contribution in [1.29, 1.82) is 0 Å². The Labute approximate surface area is 172 Å². The molecule has 0 bridgehead atoms. The Kier molecular flexibility index (Phi) is 4.88. The van der Waals surface area contributed by atoms with Crippen LogP contribution in [0.2, 0.25) is 5.02 Å². The van der Waals surface area contributed by atoms with E-state index >= 15 is 0 Å². The van der Waals surface area contributed by atoms with Gasteiger partial charge in [0.05, 0.1) is 22.0 Å². The summed E-state index contributed by atoms with van der Waals surface area (Å²) < 4.78 is 30.8. The van der Waals surface area contributed by atoms with Crippen LogP contribution in [0.15, 0.2) is 56.9 Å². The highest BCUT2D eigenvalue weighted by atomic mass is 35.5. The second-order valence-corrected chi connectivity index (χ2v) is 9.47. The summed E-state index contributed by atoms with van der Waals surface area (Å²) in [5.41, 5.74) is 0.288. The Balaban J connectivity index is 1.85. The molecule has 4 rings (SSSR count). The minimum absolute atomic E-state index is 0.0811. The van der Waals surface area contributed by atoms with E-state index in [0.717, 1.165) is 12.0 Å². The summed E-state index contributed by atoms with van der Waals surface area (Å²) in [4.78, 5) is 24.2. The van der Waals surface area contributed by atoms with E-state index < -0.39 is 21.1 Å². The van der Waals surface area contributed by atoms with Crippen molar-refractivity contribution in [2.75, 3.05) is 6.54 Å². The molecule has 2 aromatic carbocycles. The highest BCUT2D eigenvalue weighted by Crippen LogP contribution is 2.39. The fourth-order valence-corrected chi connectivity index (χ4v) is 5.90. The normalized spacial score (nSPS) is 17.8. The zero-order valence-corrected chi connectivity index (χ0v) is 17.6. The quantitative estimate of drug-likeness (QED) is 0.594. The topological polar surface area (TPSA) is 81.4 Å². The van der Waals surface area contributed by atoms with Crippen molar-refractivity contribution in [3.05, 3.63) is 73.8 Å². The molecule has 3 aromatic rings. The van der Waals surface area contributed by atoms with Crippen molar-refractivity contribution in [3.8, 4) is 0 Å². The Hall–Kier alpha value is -2.42. The standard InChI is InChI=1S/C20H20ClN3O4S/c1-22-17-10-9-13(12-18(17)23(2)20(26)19(22)25)29(27,28)24-11-5-8-16(24)14-6-3-4-7-15(14)21/h3-4,6-7,9-10,12,16H,5,8,11H2,1-2H3/t16-/m0/s1. The summed E-state index contributed by atoms with van der Waals surface area (Å²) in [5.74, 6) is 0. The Morgan fingerprint density at radius 3 is 2.31 bits per heavy atom. The number of nitrogens with zero attached hydrogens (tertiary/aromatic N) is 3. The van der Waals surface area contributed by atoms with Crippen LogP contribution in [0.4, 0.5) is 0 Å². The molecule has 2 heterocycles. The van der Waals surface area contributed by atoms with E-state index in [2.05, 4.69) is 0 Å². The van der Waals surface area contributed by atoms with Crippen molar-refractivity contribution in [2.45, 2.75) is 23.8 Å². The van der Waals surface area contributed by atoms with Gasteiger partial charge >= 0.3 is 11.1 Å². The van der Waals surface area contributed by atoms with Crippen molar-refractivity contribution < 1.29 is 8.42 Å². The average Bonchev–Trinajstić information content (AvgIpc) is 3.21. The summed E-state index contributed by atoms with van der Waals surface area (Å²) in [6.45, 7) is 0.391. The van der Waals surface area contributed by atoms with Crippen LogP contribution in [0.25, 0.3) is 11.0 Å². The van der Waals surface area contributed by atoms with E-state index in [9.17, 15) is 18.0 Å². The molecule has 0 unspecified atom stereocenters. The van der Waals surface area contributed by atoms with Crippen LogP contribution < -0.4 is 11.1 Å². The van der Waals surface area contributed by atoms with Crippen LogP contribution in [-0.2, 0) is 24.1 Å². The number of aromatic nitrogens is 2. The van der Waals surface area contributed by atoms with Crippen LogP contribution in [0, 0.1) is 0 Å². The first kappa shape index (κ1) is 19.9. The molecule has 9 heteroatoms. The number of halogens is 1. The lowest BCUT2D eigenvalue weighted by Crippen LogP contribution is -2.39. The molecule has 152 valence electrons. The van der Waals surface area contributed by atoms with Gasteiger partial charge in [-0.2, -0.15) is 4.31 Å². The molecule has 0 amide bonds. The molecule has 1 aliphatic rings. The number of hydrogen-bond donors (Lipinski definition) is 0. The van der Waals surface area contributed by atoms with E-state index in [0.29, 0.717) is 29.0 Å². The smallest absolute Gasteiger partial charge is 0.305 e. The van der Waals surface area contributed by atoms with E-state index in [1.54, 1.807) is 12.1 Å². The van der Waals surface area contributed by atoms with Crippen LogP contribution in [0.3, 0.4) is 0 Å². The Morgan fingerprint density at radius 2 is 1.62 bits per heavy atom. The third-order valence-corrected chi connectivity index (χ3v) is 7.78. The lowest BCUT2D eigenvalue weighted by Gasteiger charge is -2.25. The maximum atomic E-state index is 13.4. The Morgan fingerprint density at radius 1 is 0.966 bits per heavy atom. The monoisotopic (exact) mass is 433 g/mol. The summed E-state index contributed by atoms with van der Waals surface area (Å²) in [7, 11) is -0.868. The molecular formula is C20H20ClN3O4S. The highest BCUT2D eigenvalue weighted by molar-refractivity contribution is 7.89. The zero-order valence-electron chi connectivity index (χ0n) is 16.0. The predicted octanol–water partition coefficient (Wildman–Crippen LogP) is 2.42. The molecular weight excluding hydrogens is 414 g/mol. The molecule has 29 heavy (non-hydrogen) atoms. The van der Waals surface area contributed by atoms with Gasteiger partial charge in [-0.05, 0) is 42.7 Å².